The van der Waals surface area contributed by atoms with E-state index in [2.05, 4.69) is 32.7 Å². The Bertz CT molecular complexity index is 634. The highest BCUT2D eigenvalue weighted by molar-refractivity contribution is 5.94. The van der Waals surface area contributed by atoms with Crippen LogP contribution in [-0.2, 0) is 0 Å². The summed E-state index contributed by atoms with van der Waals surface area (Å²) in [5.41, 5.74) is 1.41. The average Bonchev–Trinajstić information content (AvgIpc) is 3.12. The molecule has 0 atom stereocenters. The van der Waals surface area contributed by atoms with E-state index in [-0.39, 0.29) is 11.9 Å². The maximum Gasteiger partial charge on any atom is 0.251 e. The number of piperidine rings is 1. The number of benzene rings is 1. The van der Waals surface area contributed by atoms with Crippen molar-refractivity contribution in [3.05, 3.63) is 36.2 Å². The van der Waals surface area contributed by atoms with Crippen molar-refractivity contribution in [2.45, 2.75) is 32.2 Å². The van der Waals surface area contributed by atoms with Gasteiger partial charge in [-0.25, -0.2) is 4.68 Å². The summed E-state index contributed by atoms with van der Waals surface area (Å²) in [5, 5.41) is 14.2. The summed E-state index contributed by atoms with van der Waals surface area (Å²) in [4.78, 5) is 14.9. The third-order valence-corrected chi connectivity index (χ3v) is 4.18. The normalized spacial score (nSPS) is 16.4. The molecule has 0 aliphatic carbocycles. The van der Waals surface area contributed by atoms with Gasteiger partial charge >= 0.3 is 0 Å². The second-order valence-electron chi connectivity index (χ2n) is 5.89. The average molecular weight is 314 g/mol. The number of carbonyl (C=O) groups excluding carboxylic acids is 1. The number of tetrazole rings is 1. The van der Waals surface area contributed by atoms with Gasteiger partial charge in [0.05, 0.1) is 5.69 Å². The summed E-state index contributed by atoms with van der Waals surface area (Å²) in [6.07, 6.45) is 4.72. The summed E-state index contributed by atoms with van der Waals surface area (Å²) in [6.45, 7) is 5.47. The van der Waals surface area contributed by atoms with Crippen LogP contribution in [0, 0.1) is 0 Å². The fraction of sp³-hybridized carbons (Fsp3) is 0.500. The smallest absolute Gasteiger partial charge is 0.251 e. The lowest BCUT2D eigenvalue weighted by molar-refractivity contribution is 0.0911. The monoisotopic (exact) mass is 314 g/mol. The van der Waals surface area contributed by atoms with Crippen LogP contribution >= 0.6 is 0 Å². The molecule has 7 nitrogen and oxygen atoms in total. The number of amides is 1. The van der Waals surface area contributed by atoms with Gasteiger partial charge in [-0.2, -0.15) is 0 Å². The van der Waals surface area contributed by atoms with E-state index in [9.17, 15) is 4.79 Å². The van der Waals surface area contributed by atoms with Crippen molar-refractivity contribution in [1.29, 1.82) is 0 Å². The molecule has 23 heavy (non-hydrogen) atoms. The molecule has 1 aliphatic heterocycles. The van der Waals surface area contributed by atoms with Crippen molar-refractivity contribution in [3.63, 3.8) is 0 Å². The Labute approximate surface area is 135 Å². The van der Waals surface area contributed by atoms with E-state index in [0.29, 0.717) is 5.56 Å². The van der Waals surface area contributed by atoms with E-state index < -0.39 is 0 Å². The molecular weight excluding hydrogens is 292 g/mol. The molecule has 0 saturated carbocycles. The lowest BCUT2D eigenvalue weighted by Crippen LogP contribution is -2.44. The number of aromatic nitrogens is 4. The SMILES string of the molecule is CCCN1CCC(NC(=O)c2cccc(-n3cnnn3)c2)CC1. The zero-order valence-corrected chi connectivity index (χ0v) is 13.4. The first-order valence-electron chi connectivity index (χ1n) is 8.13. The summed E-state index contributed by atoms with van der Waals surface area (Å²) in [6, 6.07) is 7.59. The molecule has 7 heteroatoms. The van der Waals surface area contributed by atoms with E-state index in [1.54, 1.807) is 10.7 Å². The fourth-order valence-electron chi connectivity index (χ4n) is 2.96. The minimum Gasteiger partial charge on any atom is -0.349 e. The highest BCUT2D eigenvalue weighted by Crippen LogP contribution is 2.13. The summed E-state index contributed by atoms with van der Waals surface area (Å²) < 4.78 is 1.54. The van der Waals surface area contributed by atoms with Crippen molar-refractivity contribution in [2.75, 3.05) is 19.6 Å². The Balaban J connectivity index is 1.60. The Morgan fingerprint density at radius 1 is 1.35 bits per heavy atom. The van der Waals surface area contributed by atoms with E-state index in [4.69, 9.17) is 0 Å². The standard InChI is InChI=1S/C16H22N6O/c1-2-8-21-9-6-14(7-10-21)18-16(23)13-4-3-5-15(11-13)22-12-17-19-20-22/h3-5,11-12,14H,2,6-10H2,1H3,(H,18,23). The highest BCUT2D eigenvalue weighted by atomic mass is 16.1. The quantitative estimate of drug-likeness (QED) is 0.899. The van der Waals surface area contributed by atoms with Gasteiger partial charge in [0.2, 0.25) is 0 Å². The summed E-state index contributed by atoms with van der Waals surface area (Å²) in [5.74, 6) is -0.0335. The maximum atomic E-state index is 12.5. The van der Waals surface area contributed by atoms with Crippen LogP contribution in [-0.4, -0.2) is 56.7 Å². The number of hydrogen-bond donors (Lipinski definition) is 1. The van der Waals surface area contributed by atoms with E-state index >= 15 is 0 Å². The minimum atomic E-state index is -0.0335. The van der Waals surface area contributed by atoms with Crippen molar-refractivity contribution in [3.8, 4) is 5.69 Å². The lowest BCUT2D eigenvalue weighted by atomic mass is 10.0. The van der Waals surface area contributed by atoms with E-state index in [1.165, 1.54) is 12.7 Å². The number of carbonyl (C=O) groups is 1. The topological polar surface area (TPSA) is 75.9 Å². The highest BCUT2D eigenvalue weighted by Gasteiger charge is 2.20. The predicted octanol–water partition coefficient (Wildman–Crippen LogP) is 1.27. The zero-order chi connectivity index (χ0) is 16.1. The van der Waals surface area contributed by atoms with Crippen molar-refractivity contribution in [1.82, 2.24) is 30.4 Å². The number of likely N-dealkylation sites (tertiary alicyclic amines) is 1. The van der Waals surface area contributed by atoms with Crippen LogP contribution in [0.3, 0.4) is 0 Å². The van der Waals surface area contributed by atoms with Crippen LogP contribution in [0.4, 0.5) is 0 Å². The molecule has 0 spiro atoms. The van der Waals surface area contributed by atoms with E-state index in [1.807, 2.05) is 18.2 Å². The molecule has 2 heterocycles. The molecule has 1 saturated heterocycles. The van der Waals surface area contributed by atoms with Gasteiger partial charge in [-0.05, 0) is 54.4 Å². The molecule has 1 amide bonds. The molecule has 2 aromatic rings. The Hall–Kier alpha value is -2.28. The van der Waals surface area contributed by atoms with Gasteiger partial charge in [-0.15, -0.1) is 5.10 Å². The number of nitrogens with one attached hydrogen (secondary N) is 1. The van der Waals surface area contributed by atoms with Crippen molar-refractivity contribution in [2.24, 2.45) is 0 Å². The molecule has 0 unspecified atom stereocenters. The summed E-state index contributed by atoms with van der Waals surface area (Å²) in [7, 11) is 0. The van der Waals surface area contributed by atoms with E-state index in [0.717, 1.165) is 38.2 Å². The second-order valence-corrected chi connectivity index (χ2v) is 5.89. The molecular formula is C16H22N6O. The van der Waals surface area contributed by atoms with Gasteiger partial charge in [-0.1, -0.05) is 13.0 Å². The second kappa shape index (κ2) is 7.32. The van der Waals surface area contributed by atoms with Crippen molar-refractivity contribution >= 4 is 5.91 Å². The largest absolute Gasteiger partial charge is 0.349 e. The van der Waals surface area contributed by atoms with Crippen LogP contribution in [0.5, 0.6) is 0 Å². The molecule has 0 radical (unpaired) electrons. The lowest BCUT2D eigenvalue weighted by Gasteiger charge is -2.32. The first-order valence-corrected chi connectivity index (χ1v) is 8.13. The molecule has 1 aromatic heterocycles. The maximum absolute atomic E-state index is 12.5. The molecule has 3 rings (SSSR count). The predicted molar refractivity (Wildman–Crippen MR) is 86.4 cm³/mol. The molecule has 1 N–H and O–H groups in total. The zero-order valence-electron chi connectivity index (χ0n) is 13.4. The van der Waals surface area contributed by atoms with Crippen LogP contribution in [0.1, 0.15) is 36.5 Å². The minimum absolute atomic E-state index is 0.0335. The molecule has 1 aliphatic rings. The number of nitrogens with zero attached hydrogens (tertiary/aromatic N) is 5. The van der Waals surface area contributed by atoms with Gasteiger partial charge in [0.25, 0.3) is 5.91 Å². The molecule has 122 valence electrons. The van der Waals surface area contributed by atoms with Crippen LogP contribution in [0.2, 0.25) is 0 Å². The first kappa shape index (κ1) is 15.6. The first-order chi connectivity index (χ1) is 11.3. The summed E-state index contributed by atoms with van der Waals surface area (Å²) >= 11 is 0. The van der Waals surface area contributed by atoms with Gasteiger partial charge in [0.15, 0.2) is 0 Å². The third kappa shape index (κ3) is 3.92. The Kier molecular flexibility index (Phi) is 4.97. The molecule has 0 bridgehead atoms. The molecule has 1 aromatic carbocycles. The van der Waals surface area contributed by atoms with Crippen LogP contribution < -0.4 is 5.32 Å². The van der Waals surface area contributed by atoms with Gasteiger partial charge in [0, 0.05) is 24.7 Å². The number of hydrogen-bond acceptors (Lipinski definition) is 5. The third-order valence-electron chi connectivity index (χ3n) is 4.18. The fourth-order valence-corrected chi connectivity index (χ4v) is 2.96. The van der Waals surface area contributed by atoms with Crippen molar-refractivity contribution < 1.29 is 4.79 Å². The Morgan fingerprint density at radius 2 is 2.17 bits per heavy atom. The van der Waals surface area contributed by atoms with Crippen LogP contribution in [0.15, 0.2) is 30.6 Å². The number of rotatable bonds is 5. The molecule has 1 fully saturated rings. The Morgan fingerprint density at radius 3 is 2.87 bits per heavy atom. The van der Waals surface area contributed by atoms with Gasteiger partial charge in [0.1, 0.15) is 6.33 Å². The van der Waals surface area contributed by atoms with Gasteiger partial charge in [-0.3, -0.25) is 4.79 Å². The van der Waals surface area contributed by atoms with Gasteiger partial charge < -0.3 is 10.2 Å². The van der Waals surface area contributed by atoms with Crippen LogP contribution in [0.25, 0.3) is 5.69 Å².